The molecule has 0 unspecified atom stereocenters. The second-order valence-electron chi connectivity index (χ2n) is 30.6. The molecule has 0 aliphatic rings. The monoisotopic (exact) mass is 1680 g/mol. The third kappa shape index (κ3) is 36.3. The molecule has 0 spiro atoms. The summed E-state index contributed by atoms with van der Waals surface area (Å²) in [6, 6.07) is -0.451. The quantitative estimate of drug-likeness (QED) is 0.0118. The predicted molar refractivity (Wildman–Crippen MR) is 445 cm³/mol. The van der Waals surface area contributed by atoms with Gasteiger partial charge in [0.25, 0.3) is 0 Å². The van der Waals surface area contributed by atoms with Crippen LogP contribution in [0.1, 0.15) is 148 Å². The first kappa shape index (κ1) is 99.5. The number of guanidine groups is 3. The van der Waals surface area contributed by atoms with Crippen LogP contribution in [0.5, 0.6) is 17.2 Å². The first-order valence-corrected chi connectivity index (χ1v) is 39.9. The Balaban J connectivity index is 1.67. The number of rotatable bonds is 53. The number of nitrogens with one attached hydrogen (secondary N) is 18. The number of carbonyl (C=O) groups is 13. The second-order valence-corrected chi connectivity index (χ2v) is 30.6. The number of imidazole rings is 1. The van der Waals surface area contributed by atoms with Crippen molar-refractivity contribution in [3.8, 4) is 17.2 Å². The molecule has 0 fully saturated rings. The van der Waals surface area contributed by atoms with Crippen molar-refractivity contribution in [3.63, 3.8) is 0 Å². The third-order valence-corrected chi connectivity index (χ3v) is 19.6. The van der Waals surface area contributed by atoms with Crippen molar-refractivity contribution in [3.05, 3.63) is 108 Å². The van der Waals surface area contributed by atoms with E-state index in [1.165, 1.54) is 85.3 Å². The summed E-state index contributed by atoms with van der Waals surface area (Å²) in [6.45, 7) is 13.9. The molecule has 660 valence electrons. The normalized spacial score (nSPS) is 14.6. The van der Waals surface area contributed by atoms with Gasteiger partial charge in [0.2, 0.25) is 76.8 Å². The van der Waals surface area contributed by atoms with Gasteiger partial charge in [-0.3, -0.25) is 78.6 Å². The third-order valence-electron chi connectivity index (χ3n) is 19.6. The highest BCUT2D eigenvalue weighted by Crippen LogP contribution is 2.20. The highest BCUT2D eigenvalue weighted by atomic mass is 16.3. The largest absolute Gasteiger partial charge is 0.508 e. The summed E-state index contributed by atoms with van der Waals surface area (Å²) >= 11 is 0. The number of amides is 13. The Bertz CT molecular complexity index is 4080. The van der Waals surface area contributed by atoms with Gasteiger partial charge in [-0.1, -0.05) is 105 Å². The van der Waals surface area contributed by atoms with Gasteiger partial charge in [-0.25, -0.2) is 4.98 Å². The van der Waals surface area contributed by atoms with Crippen LogP contribution in [0.25, 0.3) is 0 Å². The lowest BCUT2D eigenvalue weighted by Crippen LogP contribution is -2.62. The van der Waals surface area contributed by atoms with Crippen LogP contribution >= 0.6 is 0 Å². The first-order valence-electron chi connectivity index (χ1n) is 39.9. The molecule has 4 rings (SSSR count). The molecule has 120 heavy (non-hydrogen) atoms. The number of benzene rings is 3. The molecule has 0 aliphatic heterocycles. The summed E-state index contributed by atoms with van der Waals surface area (Å²) in [4.78, 5) is 193. The Morgan fingerprint density at radius 1 is 0.383 bits per heavy atom. The van der Waals surface area contributed by atoms with Gasteiger partial charge in [0.1, 0.15) is 83.7 Å². The second kappa shape index (κ2) is 50.7. The number of primary amides is 2. The zero-order chi connectivity index (χ0) is 89.5. The van der Waals surface area contributed by atoms with Crippen LogP contribution in [0.15, 0.2) is 85.3 Å². The van der Waals surface area contributed by atoms with Crippen LogP contribution in [0.2, 0.25) is 0 Å². The van der Waals surface area contributed by atoms with Crippen molar-refractivity contribution in [1.29, 1.82) is 16.2 Å². The van der Waals surface area contributed by atoms with E-state index in [-0.39, 0.29) is 144 Å². The molecule has 13 amide bonds. The number of phenolic OH excluding ortho intramolecular Hbond substituents is 3. The molecule has 0 saturated heterocycles. The molecule has 1 heterocycles. The number of H-pyrrole nitrogens is 1. The van der Waals surface area contributed by atoms with E-state index in [9.17, 15) is 68.1 Å². The van der Waals surface area contributed by atoms with Gasteiger partial charge in [0, 0.05) is 57.2 Å². The Morgan fingerprint density at radius 3 is 1.04 bits per heavy atom. The summed E-state index contributed by atoms with van der Waals surface area (Å²) in [5.74, 6) is -15.6. The molecule has 41 heteroatoms. The summed E-state index contributed by atoms with van der Waals surface area (Å²) < 4.78 is 0. The lowest BCUT2D eigenvalue weighted by atomic mass is 9.95. The standard InChI is InChI=1S/C79H123N25O16/c1-9-43(7)63(75(119)101-58(35-46-19-25-50(106)26-20-46)70(114)95-54(16-13-31-92-79(87)88)68(112)98-56(32-41(3)4)69(113)94-53(15-12-30-91-78(85)86)67(111)96-55(65(82)109)34-45-17-23-49(105)24-18-45)103-73(117)57(33-42(5)6)99-72(116)61(38-62(81)108)102-76(120)64(44(8)10-2)104-74(118)59(36-47-21-27-51(107)28-22-47)100-71(115)60(37-48-39-89-40-93-48)97-66(110)52(80)14-11-29-90-77(83)84/h17-28,39-44,52-61,63-64,105-107H,9-16,29-38,80H2,1-8H3,(H2,81,108)(H2,82,109)(H,89,93)(H,94,113)(H,95,114)(H,96,111)(H,97,110)(H,98,112)(H,99,116)(H,100,115)(H,101,119)(H,102,120)(H,103,117)(H,104,118)(H4,83,84,90)(H4,85,86,91)(H4,87,88,92)/t43-,44-,52-,53-,54-,55-,56-,57-,58-,59-,60-,61-,63-,64-/m0/s1. The minimum absolute atomic E-state index is 0.0137. The SMILES string of the molecule is CC[C@H](C)[C@H](NC(=O)[C@H](CC(C)C)NC(=O)[C@H](CC(N)=O)NC(=O)[C@@H](NC(=O)[C@H](Cc1ccc(O)cc1)NC(=O)[C@H](Cc1cnc[nH]1)NC(=O)[C@@H](N)CCCNC(=N)N)[C@@H](C)CC)C(=O)N[C@@H](Cc1ccc(O)cc1)C(=O)N[C@@H](CCCNC(=N)N)C(=O)N[C@@H](CC(C)C)C(=O)N[C@@H](CCCNC(=N)N)C(=O)N[C@@H](Cc1ccc(O)cc1)C(N)=O. The number of nitrogens with two attached hydrogens (primary N) is 6. The van der Waals surface area contributed by atoms with Crippen molar-refractivity contribution >= 4 is 94.7 Å². The fourth-order valence-corrected chi connectivity index (χ4v) is 12.5. The number of nitrogens with zero attached hydrogens (tertiary/aromatic N) is 1. The summed E-state index contributed by atoms with van der Waals surface area (Å²) in [6.07, 6.45) is 1.80. The number of hydrogen-bond acceptors (Lipinski definition) is 21. The van der Waals surface area contributed by atoms with E-state index in [0.717, 1.165) is 0 Å². The Labute approximate surface area is 696 Å². The van der Waals surface area contributed by atoms with Crippen molar-refractivity contribution in [2.75, 3.05) is 19.6 Å². The molecular formula is C79H123N25O16. The van der Waals surface area contributed by atoms with Crippen molar-refractivity contribution in [1.82, 2.24) is 84.4 Å². The van der Waals surface area contributed by atoms with Gasteiger partial charge in [-0.05, 0) is 128 Å². The van der Waals surface area contributed by atoms with Crippen molar-refractivity contribution < 1.29 is 77.6 Å². The molecule has 0 radical (unpaired) electrons. The minimum atomic E-state index is -1.82. The van der Waals surface area contributed by atoms with Crippen LogP contribution in [-0.2, 0) is 88.0 Å². The van der Waals surface area contributed by atoms with Crippen LogP contribution in [0.4, 0.5) is 0 Å². The molecule has 41 nitrogen and oxygen atoms in total. The molecule has 1 aromatic heterocycles. The van der Waals surface area contributed by atoms with E-state index in [1.54, 1.807) is 55.4 Å². The summed E-state index contributed by atoms with van der Waals surface area (Å²) in [5.41, 5.74) is 35.9. The lowest BCUT2D eigenvalue weighted by molar-refractivity contribution is -0.137. The average Bonchev–Trinajstić information content (AvgIpc) is 1.07. The van der Waals surface area contributed by atoms with Crippen molar-refractivity contribution in [2.45, 2.75) is 224 Å². The van der Waals surface area contributed by atoms with Gasteiger partial charge in [-0.2, -0.15) is 0 Å². The molecule has 0 saturated carbocycles. The Hall–Kier alpha value is -12.8. The highest BCUT2D eigenvalue weighted by Gasteiger charge is 2.40. The molecule has 0 aliphatic carbocycles. The smallest absolute Gasteiger partial charge is 0.243 e. The maximum Gasteiger partial charge on any atom is 0.243 e. The topological polar surface area (TPSA) is 707 Å². The number of carbonyl (C=O) groups excluding carboxylic acids is 13. The Kier molecular flexibility index (Phi) is 42.0. The maximum absolute atomic E-state index is 15.1. The molecule has 14 atom stereocenters. The maximum atomic E-state index is 15.1. The van der Waals surface area contributed by atoms with Crippen LogP contribution in [-0.4, -0.2) is 212 Å². The van der Waals surface area contributed by atoms with Gasteiger partial charge in [0.15, 0.2) is 17.9 Å². The predicted octanol–water partition coefficient (Wildman–Crippen LogP) is -3.21. The lowest BCUT2D eigenvalue weighted by Gasteiger charge is -2.31. The summed E-state index contributed by atoms with van der Waals surface area (Å²) in [7, 11) is 0. The van der Waals surface area contributed by atoms with Crippen LogP contribution in [0.3, 0.4) is 0 Å². The Morgan fingerprint density at radius 2 is 0.683 bits per heavy atom. The van der Waals surface area contributed by atoms with Gasteiger partial charge < -0.3 is 129 Å². The van der Waals surface area contributed by atoms with E-state index in [1.807, 2.05) is 0 Å². The zero-order valence-corrected chi connectivity index (χ0v) is 69.1. The number of aromatic amines is 1. The first-order chi connectivity index (χ1) is 56.7. The van der Waals surface area contributed by atoms with E-state index in [4.69, 9.17) is 50.6 Å². The van der Waals surface area contributed by atoms with Crippen LogP contribution in [0, 0.1) is 39.9 Å². The average molecular weight is 1680 g/mol. The molecule has 3 aromatic carbocycles. The van der Waals surface area contributed by atoms with Gasteiger partial charge in [-0.15, -0.1) is 0 Å². The van der Waals surface area contributed by atoms with Crippen LogP contribution < -0.4 is 109 Å². The molecule has 0 bridgehead atoms. The molecule has 4 aromatic rings. The number of aromatic hydroxyl groups is 3. The van der Waals surface area contributed by atoms with E-state index in [2.05, 4.69) is 84.4 Å². The molecular weight excluding hydrogens is 1560 g/mol. The summed E-state index contributed by atoms with van der Waals surface area (Å²) in [5, 5.41) is 90.2. The van der Waals surface area contributed by atoms with E-state index >= 15 is 9.59 Å². The van der Waals surface area contributed by atoms with Crippen molar-refractivity contribution in [2.24, 2.45) is 58.1 Å². The zero-order valence-electron chi connectivity index (χ0n) is 69.1. The minimum Gasteiger partial charge on any atom is -0.508 e. The number of phenols is 3. The fourth-order valence-electron chi connectivity index (χ4n) is 12.5. The highest BCUT2D eigenvalue weighted by molar-refractivity contribution is 6.00. The number of hydrogen-bond donors (Lipinski definition) is 27. The van der Waals surface area contributed by atoms with E-state index < -0.39 is 174 Å². The fraction of sp³-hybridized carbons (Fsp3) is 0.532. The number of aromatic nitrogens is 2. The molecule has 33 N–H and O–H groups in total. The van der Waals surface area contributed by atoms with Gasteiger partial charge in [0.05, 0.1) is 18.8 Å². The van der Waals surface area contributed by atoms with E-state index in [0.29, 0.717) is 28.8 Å². The van der Waals surface area contributed by atoms with Gasteiger partial charge >= 0.3 is 0 Å².